The molecule has 0 amide bonds. The van der Waals surface area contributed by atoms with Gasteiger partial charge in [-0.3, -0.25) is 4.79 Å². The highest BCUT2D eigenvalue weighted by Gasteiger charge is 2.72. The molecule has 0 aromatic heterocycles. The molecule has 0 aromatic rings. The first-order valence-electron chi connectivity index (χ1n) is 14.5. The number of alkyl halides is 1. The summed E-state index contributed by atoms with van der Waals surface area (Å²) in [6.45, 7) is 14.4. The van der Waals surface area contributed by atoms with Gasteiger partial charge in [-0.15, -0.1) is 11.6 Å². The van der Waals surface area contributed by atoms with Gasteiger partial charge in [0, 0.05) is 7.11 Å². The van der Waals surface area contributed by atoms with E-state index in [1.165, 1.54) is 24.8 Å². The second-order valence-corrected chi connectivity index (χ2v) is 16.0. The van der Waals surface area contributed by atoms with Crippen LogP contribution in [-0.4, -0.2) is 54.6 Å². The number of allylic oxidation sites excluding steroid dienone is 1. The van der Waals surface area contributed by atoms with Gasteiger partial charge in [0.25, 0.3) is 0 Å². The van der Waals surface area contributed by atoms with Gasteiger partial charge in [0.15, 0.2) is 0 Å². The van der Waals surface area contributed by atoms with E-state index in [1.807, 2.05) is 0 Å². The summed E-state index contributed by atoms with van der Waals surface area (Å²) in [6.07, 6.45) is 11.1. The maximum atomic E-state index is 13.8. The number of epoxide rings is 2. The molecule has 2 saturated heterocycles. The van der Waals surface area contributed by atoms with E-state index in [1.54, 1.807) is 7.11 Å². The maximum absolute atomic E-state index is 13.8. The molecule has 208 valence electrons. The van der Waals surface area contributed by atoms with E-state index in [0.717, 1.165) is 45.1 Å². The zero-order valence-electron chi connectivity index (χ0n) is 24.0. The van der Waals surface area contributed by atoms with Gasteiger partial charge in [0.2, 0.25) is 0 Å². The van der Waals surface area contributed by atoms with Crippen LogP contribution in [0.25, 0.3) is 0 Å². The molecule has 1 spiro atoms. The first-order chi connectivity index (χ1) is 17.2. The van der Waals surface area contributed by atoms with Crippen molar-refractivity contribution in [2.24, 2.45) is 27.6 Å². The third-order valence-electron chi connectivity index (χ3n) is 11.1. The fourth-order valence-corrected chi connectivity index (χ4v) is 11.5. The lowest BCUT2D eigenvalue weighted by Gasteiger charge is -2.69. The lowest BCUT2D eigenvalue weighted by Crippen LogP contribution is -2.62. The molecule has 0 radical (unpaired) electrons. The quantitative estimate of drug-likeness (QED) is 0.159. The molecule has 4 bridgehead atoms. The first-order valence-corrected chi connectivity index (χ1v) is 14.9. The molecule has 0 aromatic carbocycles. The normalized spacial score (nSPS) is 54.2. The molecular formula is C31H47ClO5. The van der Waals surface area contributed by atoms with Crippen molar-refractivity contribution in [1.29, 1.82) is 0 Å². The van der Waals surface area contributed by atoms with E-state index >= 15 is 0 Å². The van der Waals surface area contributed by atoms with Gasteiger partial charge in [-0.05, 0) is 100 Å². The van der Waals surface area contributed by atoms with Gasteiger partial charge in [-0.1, -0.05) is 32.4 Å². The highest BCUT2D eigenvalue weighted by atomic mass is 35.5. The molecule has 6 heteroatoms. The number of esters is 1. The van der Waals surface area contributed by atoms with E-state index in [2.05, 4.69) is 47.6 Å². The Hall–Kier alpha value is -0.620. The zero-order chi connectivity index (χ0) is 26.6. The molecule has 5 saturated carbocycles. The Morgan fingerprint density at radius 1 is 1.03 bits per heavy atom. The van der Waals surface area contributed by atoms with Crippen molar-refractivity contribution in [2.45, 2.75) is 134 Å². The third-order valence-corrected chi connectivity index (χ3v) is 11.8. The van der Waals surface area contributed by atoms with Crippen LogP contribution in [0.4, 0.5) is 0 Å². The minimum Gasteiger partial charge on any atom is -0.458 e. The Morgan fingerprint density at radius 2 is 1.59 bits per heavy atom. The lowest BCUT2D eigenvalue weighted by molar-refractivity contribution is -0.198. The fourth-order valence-electron chi connectivity index (χ4n) is 11.2. The van der Waals surface area contributed by atoms with E-state index in [0.29, 0.717) is 0 Å². The number of halogens is 1. The number of methoxy groups -OCH3 is 1. The summed E-state index contributed by atoms with van der Waals surface area (Å²) in [6, 6.07) is 0. The van der Waals surface area contributed by atoms with Crippen molar-refractivity contribution in [3.8, 4) is 0 Å². The van der Waals surface area contributed by atoms with Crippen LogP contribution in [0.3, 0.4) is 0 Å². The van der Waals surface area contributed by atoms with Gasteiger partial charge in [-0.25, -0.2) is 0 Å². The Kier molecular flexibility index (Phi) is 5.90. The Bertz CT molecular complexity index is 944. The summed E-state index contributed by atoms with van der Waals surface area (Å²) in [5.41, 5.74) is 1.36. The van der Waals surface area contributed by atoms with Gasteiger partial charge < -0.3 is 18.9 Å². The zero-order valence-corrected chi connectivity index (χ0v) is 24.7. The standard InChI is InChI=1S/C31H47ClO5/c1-19(2)8-9-21-29(6,37-21)23-22(34-7)20(10-11-31(23)18-35-31)36-25(33)24(32)30-15-26(3)12-27(4,16-30)14-28(5,13-26)17-30/h8,20-24H,9-18H2,1-7H3/t20-,21-,22-,23-,24?,26?,27?,28?,29+,30?,31+/m1/s1. The summed E-state index contributed by atoms with van der Waals surface area (Å²) in [5.74, 6) is -0.224. The molecule has 7 rings (SSSR count). The number of carbonyl (C=O) groups is 1. The average Bonchev–Trinajstić information content (AvgIpc) is 3.66. The summed E-state index contributed by atoms with van der Waals surface area (Å²) >= 11 is 7.18. The molecule has 7 atom stereocenters. The predicted octanol–water partition coefficient (Wildman–Crippen LogP) is 6.60. The van der Waals surface area contributed by atoms with Crippen molar-refractivity contribution < 1.29 is 23.7 Å². The highest BCUT2D eigenvalue weighted by Crippen LogP contribution is 2.75. The number of ether oxygens (including phenoxy) is 4. The first kappa shape index (κ1) is 26.6. The van der Waals surface area contributed by atoms with Gasteiger partial charge in [0.1, 0.15) is 28.8 Å². The smallest absolute Gasteiger partial charge is 0.324 e. The van der Waals surface area contributed by atoms with Gasteiger partial charge in [0.05, 0.1) is 18.6 Å². The molecule has 2 heterocycles. The van der Waals surface area contributed by atoms with E-state index in [9.17, 15) is 4.79 Å². The van der Waals surface area contributed by atoms with Crippen molar-refractivity contribution in [3.05, 3.63) is 11.6 Å². The molecule has 2 aliphatic heterocycles. The number of rotatable bonds is 7. The van der Waals surface area contributed by atoms with Crippen molar-refractivity contribution in [2.75, 3.05) is 13.7 Å². The molecular weight excluding hydrogens is 488 g/mol. The van der Waals surface area contributed by atoms with Gasteiger partial charge >= 0.3 is 5.97 Å². The van der Waals surface area contributed by atoms with E-state index in [4.69, 9.17) is 30.5 Å². The van der Waals surface area contributed by atoms with Crippen molar-refractivity contribution >= 4 is 17.6 Å². The summed E-state index contributed by atoms with van der Waals surface area (Å²) in [4.78, 5) is 13.8. The highest BCUT2D eigenvalue weighted by molar-refractivity contribution is 6.30. The van der Waals surface area contributed by atoms with E-state index in [-0.39, 0.29) is 63.1 Å². The summed E-state index contributed by atoms with van der Waals surface area (Å²) < 4.78 is 24.9. The van der Waals surface area contributed by atoms with Crippen LogP contribution in [-0.2, 0) is 23.7 Å². The third kappa shape index (κ3) is 4.24. The average molecular weight is 535 g/mol. The second kappa shape index (κ2) is 8.21. The monoisotopic (exact) mass is 534 g/mol. The van der Waals surface area contributed by atoms with Crippen LogP contribution in [0.5, 0.6) is 0 Å². The molecule has 37 heavy (non-hydrogen) atoms. The molecule has 0 N–H and O–H groups in total. The summed E-state index contributed by atoms with van der Waals surface area (Å²) in [5, 5.41) is -0.617. The molecule has 5 nitrogen and oxygen atoms in total. The van der Waals surface area contributed by atoms with Crippen LogP contribution in [0.2, 0.25) is 0 Å². The Morgan fingerprint density at radius 3 is 2.08 bits per heavy atom. The molecule has 7 aliphatic rings. The maximum Gasteiger partial charge on any atom is 0.324 e. The van der Waals surface area contributed by atoms with Gasteiger partial charge in [-0.2, -0.15) is 0 Å². The van der Waals surface area contributed by atoms with Crippen LogP contribution < -0.4 is 0 Å². The molecule has 1 unspecified atom stereocenters. The van der Waals surface area contributed by atoms with Crippen LogP contribution >= 0.6 is 11.6 Å². The molecule has 7 fully saturated rings. The largest absolute Gasteiger partial charge is 0.458 e. The topological polar surface area (TPSA) is 60.6 Å². The minimum absolute atomic E-state index is 0.0252. The summed E-state index contributed by atoms with van der Waals surface area (Å²) in [7, 11) is 1.73. The Labute approximate surface area is 228 Å². The van der Waals surface area contributed by atoms with Crippen LogP contribution in [0.1, 0.15) is 99.3 Å². The predicted molar refractivity (Wildman–Crippen MR) is 144 cm³/mol. The Balaban J connectivity index is 1.20. The van der Waals surface area contributed by atoms with E-state index < -0.39 is 5.38 Å². The van der Waals surface area contributed by atoms with Crippen LogP contribution in [0, 0.1) is 27.6 Å². The van der Waals surface area contributed by atoms with Crippen molar-refractivity contribution in [1.82, 2.24) is 0 Å². The number of carbonyl (C=O) groups excluding carboxylic acids is 1. The number of hydrogen-bond acceptors (Lipinski definition) is 5. The minimum atomic E-state index is -0.617. The fraction of sp³-hybridized carbons (Fsp3) is 0.903. The van der Waals surface area contributed by atoms with Crippen LogP contribution in [0.15, 0.2) is 11.6 Å². The second-order valence-electron chi connectivity index (χ2n) is 15.6. The number of hydrogen-bond donors (Lipinski definition) is 0. The lowest BCUT2D eigenvalue weighted by atomic mass is 9.36. The van der Waals surface area contributed by atoms with Crippen molar-refractivity contribution in [3.63, 3.8) is 0 Å². The SMILES string of the molecule is CO[C@@H]1[C@H](OC(=O)C(Cl)C23CC4(C)CC(C)(CC(C)(C4)C2)C3)CC[C@]2(CO2)[C@H]1[C@@]1(C)O[C@@H]1CC=C(C)C. The molecule has 5 aliphatic carbocycles.